The van der Waals surface area contributed by atoms with Crippen LogP contribution in [0, 0.1) is 5.92 Å². The summed E-state index contributed by atoms with van der Waals surface area (Å²) in [5.41, 5.74) is 1.13. The highest BCUT2D eigenvalue weighted by atomic mass is 79.9. The summed E-state index contributed by atoms with van der Waals surface area (Å²) in [6.07, 6.45) is 2.80. The van der Waals surface area contributed by atoms with E-state index in [1.165, 1.54) is 0 Å². The minimum absolute atomic E-state index is 0.0900. The molecule has 1 aromatic carbocycles. The maximum Gasteiger partial charge on any atom is 0.223 e. The number of methoxy groups -OCH3 is 1. The second-order valence-corrected chi connectivity index (χ2v) is 5.15. The Morgan fingerprint density at radius 2 is 2.35 bits per heavy atom. The highest BCUT2D eigenvalue weighted by Gasteiger charge is 2.22. The lowest BCUT2D eigenvalue weighted by atomic mass is 9.91. The van der Waals surface area contributed by atoms with E-state index in [1.807, 2.05) is 18.2 Å². The fraction of sp³-hybridized carbons (Fsp3) is 0.462. The average Bonchev–Trinajstić information content (AvgIpc) is 2.35. The van der Waals surface area contributed by atoms with Crippen molar-refractivity contribution in [2.45, 2.75) is 19.3 Å². The third-order valence-corrected chi connectivity index (χ3v) is 3.89. The van der Waals surface area contributed by atoms with Crippen molar-refractivity contribution in [1.82, 2.24) is 5.32 Å². The van der Waals surface area contributed by atoms with E-state index in [2.05, 4.69) is 21.2 Å². The zero-order valence-corrected chi connectivity index (χ0v) is 11.4. The van der Waals surface area contributed by atoms with Crippen molar-refractivity contribution in [2.24, 2.45) is 5.92 Å². The highest BCUT2D eigenvalue weighted by molar-refractivity contribution is 9.10. The standard InChI is InChI=1S/C13H16BrNO2/c1-17-11-4-5-12(14)10(8-11)7-9-3-2-6-15-13(9)16/h4-5,8-9H,2-3,6-7H2,1H3,(H,15,16). The van der Waals surface area contributed by atoms with Crippen LogP contribution >= 0.6 is 15.9 Å². The summed E-state index contributed by atoms with van der Waals surface area (Å²) >= 11 is 3.52. The van der Waals surface area contributed by atoms with E-state index >= 15 is 0 Å². The smallest absolute Gasteiger partial charge is 0.223 e. The second-order valence-electron chi connectivity index (χ2n) is 4.29. The topological polar surface area (TPSA) is 38.3 Å². The molecule has 0 radical (unpaired) electrons. The van der Waals surface area contributed by atoms with Crippen LogP contribution in [0.15, 0.2) is 22.7 Å². The molecule has 4 heteroatoms. The number of halogens is 1. The van der Waals surface area contributed by atoms with E-state index in [9.17, 15) is 4.79 Å². The van der Waals surface area contributed by atoms with Crippen molar-refractivity contribution in [2.75, 3.05) is 13.7 Å². The molecule has 1 aliphatic rings. The van der Waals surface area contributed by atoms with Gasteiger partial charge in [-0.15, -0.1) is 0 Å². The van der Waals surface area contributed by atoms with Gasteiger partial charge in [0.15, 0.2) is 0 Å². The van der Waals surface area contributed by atoms with Gasteiger partial charge in [-0.05, 0) is 43.0 Å². The highest BCUT2D eigenvalue weighted by Crippen LogP contribution is 2.27. The Morgan fingerprint density at radius 3 is 3.06 bits per heavy atom. The molecule has 0 aromatic heterocycles. The number of nitrogens with one attached hydrogen (secondary N) is 1. The van der Waals surface area contributed by atoms with Crippen LogP contribution in [0.3, 0.4) is 0 Å². The molecular formula is C13H16BrNO2. The second kappa shape index (κ2) is 5.54. The van der Waals surface area contributed by atoms with Crippen molar-refractivity contribution < 1.29 is 9.53 Å². The Labute approximate surface area is 110 Å². The largest absolute Gasteiger partial charge is 0.497 e. The van der Waals surface area contributed by atoms with Gasteiger partial charge in [0.25, 0.3) is 0 Å². The number of rotatable bonds is 3. The predicted molar refractivity (Wildman–Crippen MR) is 70.1 cm³/mol. The quantitative estimate of drug-likeness (QED) is 0.931. The molecule has 0 bridgehead atoms. The first kappa shape index (κ1) is 12.4. The van der Waals surface area contributed by atoms with Gasteiger partial charge in [0.05, 0.1) is 7.11 Å². The first-order valence-corrected chi connectivity index (χ1v) is 6.60. The molecule has 17 heavy (non-hydrogen) atoms. The van der Waals surface area contributed by atoms with Crippen molar-refractivity contribution in [3.05, 3.63) is 28.2 Å². The summed E-state index contributed by atoms with van der Waals surface area (Å²) in [5.74, 6) is 1.09. The van der Waals surface area contributed by atoms with Gasteiger partial charge < -0.3 is 10.1 Å². The monoisotopic (exact) mass is 297 g/mol. The van der Waals surface area contributed by atoms with Gasteiger partial charge in [0, 0.05) is 16.9 Å². The Kier molecular flexibility index (Phi) is 4.05. The van der Waals surface area contributed by atoms with Crippen molar-refractivity contribution >= 4 is 21.8 Å². The molecule has 1 aromatic rings. The fourth-order valence-corrected chi connectivity index (χ4v) is 2.54. The van der Waals surface area contributed by atoms with Gasteiger partial charge in [-0.2, -0.15) is 0 Å². The molecule has 3 nitrogen and oxygen atoms in total. The lowest BCUT2D eigenvalue weighted by Crippen LogP contribution is -2.37. The molecule has 1 saturated heterocycles. The molecule has 1 heterocycles. The predicted octanol–water partition coefficient (Wildman–Crippen LogP) is 2.53. The number of carbonyl (C=O) groups is 1. The zero-order chi connectivity index (χ0) is 12.3. The van der Waals surface area contributed by atoms with E-state index in [0.29, 0.717) is 0 Å². The third kappa shape index (κ3) is 3.00. The third-order valence-electron chi connectivity index (χ3n) is 3.12. The Hall–Kier alpha value is -1.03. The number of ether oxygens (including phenoxy) is 1. The van der Waals surface area contributed by atoms with Gasteiger partial charge >= 0.3 is 0 Å². The van der Waals surface area contributed by atoms with Gasteiger partial charge in [-0.1, -0.05) is 15.9 Å². The zero-order valence-electron chi connectivity index (χ0n) is 9.83. The molecule has 1 fully saturated rings. The van der Waals surface area contributed by atoms with E-state index in [0.717, 1.165) is 41.6 Å². The molecule has 0 spiro atoms. The van der Waals surface area contributed by atoms with Crippen LogP contribution in [0.5, 0.6) is 5.75 Å². The molecule has 2 rings (SSSR count). The molecule has 1 unspecified atom stereocenters. The van der Waals surface area contributed by atoms with Crippen LogP contribution in [0.25, 0.3) is 0 Å². The first-order valence-electron chi connectivity index (χ1n) is 5.81. The minimum atomic E-state index is 0.0900. The SMILES string of the molecule is COc1ccc(Br)c(CC2CCCNC2=O)c1. The van der Waals surface area contributed by atoms with Crippen LogP contribution in [-0.4, -0.2) is 19.6 Å². The van der Waals surface area contributed by atoms with Crippen molar-refractivity contribution in [3.63, 3.8) is 0 Å². The molecule has 92 valence electrons. The van der Waals surface area contributed by atoms with Gasteiger partial charge in [0.1, 0.15) is 5.75 Å². The average molecular weight is 298 g/mol. The molecule has 1 aliphatic heterocycles. The van der Waals surface area contributed by atoms with Gasteiger partial charge in [-0.25, -0.2) is 0 Å². The van der Waals surface area contributed by atoms with E-state index < -0.39 is 0 Å². The summed E-state index contributed by atoms with van der Waals surface area (Å²) in [6.45, 7) is 0.814. The minimum Gasteiger partial charge on any atom is -0.497 e. The molecule has 0 aliphatic carbocycles. The van der Waals surface area contributed by atoms with E-state index in [4.69, 9.17) is 4.74 Å². The van der Waals surface area contributed by atoms with E-state index in [1.54, 1.807) is 7.11 Å². The molecule has 0 saturated carbocycles. The summed E-state index contributed by atoms with van der Waals surface area (Å²) in [4.78, 5) is 11.7. The number of benzene rings is 1. The number of hydrogen-bond acceptors (Lipinski definition) is 2. The lowest BCUT2D eigenvalue weighted by molar-refractivity contribution is -0.126. The maximum atomic E-state index is 11.7. The Morgan fingerprint density at radius 1 is 1.53 bits per heavy atom. The van der Waals surface area contributed by atoms with Crippen LogP contribution < -0.4 is 10.1 Å². The fourth-order valence-electron chi connectivity index (χ4n) is 2.13. The normalized spacial score (nSPS) is 19.9. The Bertz CT molecular complexity index is 420. The summed E-state index contributed by atoms with van der Waals surface area (Å²) in [5, 5.41) is 2.91. The number of carbonyl (C=O) groups excluding carboxylic acids is 1. The summed E-state index contributed by atoms with van der Waals surface area (Å²) in [6, 6.07) is 5.87. The number of amides is 1. The molecule has 1 N–H and O–H groups in total. The number of hydrogen-bond donors (Lipinski definition) is 1. The van der Waals surface area contributed by atoms with E-state index in [-0.39, 0.29) is 11.8 Å². The Balaban J connectivity index is 2.14. The molecular weight excluding hydrogens is 282 g/mol. The van der Waals surface area contributed by atoms with Crippen LogP contribution in [-0.2, 0) is 11.2 Å². The van der Waals surface area contributed by atoms with Crippen LogP contribution in [0.2, 0.25) is 0 Å². The first-order chi connectivity index (χ1) is 8.20. The summed E-state index contributed by atoms with van der Waals surface area (Å²) in [7, 11) is 1.65. The van der Waals surface area contributed by atoms with Crippen LogP contribution in [0.1, 0.15) is 18.4 Å². The lowest BCUT2D eigenvalue weighted by Gasteiger charge is -2.22. The molecule has 1 atom stereocenters. The molecule has 1 amide bonds. The maximum absolute atomic E-state index is 11.7. The summed E-state index contributed by atoms with van der Waals surface area (Å²) < 4.78 is 6.24. The number of piperidine rings is 1. The van der Waals surface area contributed by atoms with Gasteiger partial charge in [0.2, 0.25) is 5.91 Å². The van der Waals surface area contributed by atoms with Gasteiger partial charge in [-0.3, -0.25) is 4.79 Å². The van der Waals surface area contributed by atoms with Crippen molar-refractivity contribution in [1.29, 1.82) is 0 Å². The van der Waals surface area contributed by atoms with Crippen LogP contribution in [0.4, 0.5) is 0 Å². The van der Waals surface area contributed by atoms with Crippen molar-refractivity contribution in [3.8, 4) is 5.75 Å².